The highest BCUT2D eigenvalue weighted by Crippen LogP contribution is 2.17. The van der Waals surface area contributed by atoms with Crippen LogP contribution in [0.3, 0.4) is 0 Å². The van der Waals surface area contributed by atoms with E-state index in [0.29, 0.717) is 23.5 Å². The molecule has 2 heterocycles. The fraction of sp³-hybridized carbons (Fsp3) is 0.368. The number of nitrogens with one attached hydrogen (secondary N) is 1. The molecule has 1 aromatic heterocycles. The van der Waals surface area contributed by atoms with Gasteiger partial charge in [0.15, 0.2) is 5.78 Å². The lowest BCUT2D eigenvalue weighted by molar-refractivity contribution is -0.0785. The lowest BCUT2D eigenvalue weighted by Crippen LogP contribution is -2.59. The molecule has 0 aliphatic carbocycles. The van der Waals surface area contributed by atoms with Crippen LogP contribution in [0.5, 0.6) is 0 Å². The molecule has 0 saturated carbocycles. The second-order valence-electron chi connectivity index (χ2n) is 6.29. The van der Waals surface area contributed by atoms with E-state index in [4.69, 9.17) is 4.74 Å². The molecule has 1 aliphatic heterocycles. The van der Waals surface area contributed by atoms with Gasteiger partial charge in [0, 0.05) is 18.7 Å². The molecule has 1 aliphatic rings. The number of amides is 1. The lowest BCUT2D eigenvalue weighted by Gasteiger charge is -2.39. The van der Waals surface area contributed by atoms with Crippen molar-refractivity contribution < 1.29 is 14.3 Å². The van der Waals surface area contributed by atoms with Crippen LogP contribution in [-0.2, 0) is 4.74 Å². The molecule has 5 nitrogen and oxygen atoms in total. The Kier molecular flexibility index (Phi) is 5.63. The number of morpholine rings is 1. The highest BCUT2D eigenvalue weighted by atomic mass is 32.1. The van der Waals surface area contributed by atoms with Gasteiger partial charge in [0.25, 0.3) is 5.91 Å². The third-order valence-corrected chi connectivity index (χ3v) is 5.00. The van der Waals surface area contributed by atoms with E-state index in [9.17, 15) is 9.59 Å². The van der Waals surface area contributed by atoms with E-state index >= 15 is 0 Å². The quantitative estimate of drug-likeness (QED) is 0.835. The fourth-order valence-electron chi connectivity index (χ4n) is 3.11. The molecule has 3 atom stereocenters. The molecular weight excluding hydrogens is 336 g/mol. The first-order valence-corrected chi connectivity index (χ1v) is 9.25. The van der Waals surface area contributed by atoms with Crippen LogP contribution in [0.1, 0.15) is 33.9 Å². The van der Waals surface area contributed by atoms with E-state index in [1.165, 1.54) is 11.3 Å². The predicted octanol–water partition coefficient (Wildman–Crippen LogP) is 2.80. The van der Waals surface area contributed by atoms with Crippen molar-refractivity contribution in [3.05, 3.63) is 58.3 Å². The maximum Gasteiger partial charge on any atom is 0.262 e. The number of carbonyl (C=O) groups is 2. The van der Waals surface area contributed by atoms with Gasteiger partial charge >= 0.3 is 0 Å². The van der Waals surface area contributed by atoms with Crippen LogP contribution in [0.4, 0.5) is 0 Å². The van der Waals surface area contributed by atoms with Gasteiger partial charge in [-0.05, 0) is 25.3 Å². The summed E-state index contributed by atoms with van der Waals surface area (Å²) in [6, 6.07) is 12.7. The summed E-state index contributed by atoms with van der Waals surface area (Å²) in [4.78, 5) is 28.2. The molecule has 6 heteroatoms. The average Bonchev–Trinajstić information content (AvgIpc) is 3.13. The number of benzene rings is 1. The van der Waals surface area contributed by atoms with Crippen LogP contribution >= 0.6 is 11.3 Å². The number of ketones is 1. The SMILES string of the molecule is CC1CN(C(NC(=O)c2cccs2)C(=O)c2ccccc2)CC(C)O1. The summed E-state index contributed by atoms with van der Waals surface area (Å²) in [6.07, 6.45) is -0.687. The zero-order chi connectivity index (χ0) is 17.8. The molecule has 1 fully saturated rings. The Morgan fingerprint density at radius 2 is 1.80 bits per heavy atom. The number of hydrogen-bond donors (Lipinski definition) is 1. The van der Waals surface area contributed by atoms with E-state index in [2.05, 4.69) is 5.32 Å². The smallest absolute Gasteiger partial charge is 0.262 e. The van der Waals surface area contributed by atoms with Gasteiger partial charge < -0.3 is 10.1 Å². The van der Waals surface area contributed by atoms with Gasteiger partial charge in [-0.2, -0.15) is 0 Å². The fourth-order valence-corrected chi connectivity index (χ4v) is 3.74. The first-order valence-electron chi connectivity index (χ1n) is 8.37. The van der Waals surface area contributed by atoms with Crippen molar-refractivity contribution in [3.8, 4) is 0 Å². The molecule has 0 spiro atoms. The minimum Gasteiger partial charge on any atom is -0.373 e. The Morgan fingerprint density at radius 1 is 1.12 bits per heavy atom. The van der Waals surface area contributed by atoms with Crippen molar-refractivity contribution in [2.75, 3.05) is 13.1 Å². The van der Waals surface area contributed by atoms with Gasteiger partial charge in [-0.25, -0.2) is 0 Å². The largest absolute Gasteiger partial charge is 0.373 e. The van der Waals surface area contributed by atoms with Gasteiger partial charge in [-0.15, -0.1) is 11.3 Å². The van der Waals surface area contributed by atoms with Gasteiger partial charge in [-0.3, -0.25) is 14.5 Å². The second-order valence-corrected chi connectivity index (χ2v) is 7.24. The number of ether oxygens (including phenoxy) is 1. The summed E-state index contributed by atoms with van der Waals surface area (Å²) >= 11 is 1.36. The van der Waals surface area contributed by atoms with E-state index in [-0.39, 0.29) is 23.9 Å². The van der Waals surface area contributed by atoms with Gasteiger partial charge in [0.05, 0.1) is 17.1 Å². The summed E-state index contributed by atoms with van der Waals surface area (Å²) in [5.74, 6) is -0.331. The van der Waals surface area contributed by atoms with E-state index in [1.54, 1.807) is 18.2 Å². The monoisotopic (exact) mass is 358 g/mol. The first-order chi connectivity index (χ1) is 12.0. The zero-order valence-electron chi connectivity index (χ0n) is 14.3. The van der Waals surface area contributed by atoms with Gasteiger partial charge in [0.1, 0.15) is 6.17 Å². The minimum atomic E-state index is -0.703. The molecule has 0 radical (unpaired) electrons. The molecule has 1 aromatic carbocycles. The van der Waals surface area contributed by atoms with E-state index < -0.39 is 6.17 Å². The topological polar surface area (TPSA) is 58.6 Å². The highest BCUT2D eigenvalue weighted by Gasteiger charge is 2.34. The maximum atomic E-state index is 13.1. The van der Waals surface area contributed by atoms with Crippen LogP contribution in [0.25, 0.3) is 0 Å². The zero-order valence-corrected chi connectivity index (χ0v) is 15.2. The first kappa shape index (κ1) is 17.8. The Bertz CT molecular complexity index is 708. The minimum absolute atomic E-state index is 0.00784. The summed E-state index contributed by atoms with van der Waals surface area (Å²) in [5, 5.41) is 4.77. The molecule has 1 saturated heterocycles. The van der Waals surface area contributed by atoms with Crippen molar-refractivity contribution in [1.29, 1.82) is 0 Å². The number of nitrogens with zero attached hydrogens (tertiary/aromatic N) is 1. The summed E-state index contributed by atoms with van der Waals surface area (Å²) < 4.78 is 5.77. The number of carbonyl (C=O) groups excluding carboxylic acids is 2. The number of Topliss-reactive ketones (excluding diaryl/α,β-unsaturated/α-hetero) is 1. The van der Waals surface area contributed by atoms with Crippen molar-refractivity contribution >= 4 is 23.0 Å². The number of thiophene rings is 1. The van der Waals surface area contributed by atoms with Crippen LogP contribution in [0.2, 0.25) is 0 Å². The molecule has 1 N–H and O–H groups in total. The van der Waals surface area contributed by atoms with E-state index in [1.807, 2.05) is 48.4 Å². The molecule has 132 valence electrons. The molecule has 25 heavy (non-hydrogen) atoms. The molecule has 0 bridgehead atoms. The Labute approximate surface area is 151 Å². The molecular formula is C19H22N2O3S. The molecule has 3 unspecified atom stereocenters. The van der Waals surface area contributed by atoms with Crippen LogP contribution in [0, 0.1) is 0 Å². The highest BCUT2D eigenvalue weighted by molar-refractivity contribution is 7.12. The standard InChI is InChI=1S/C19H22N2O3S/c1-13-11-21(12-14(2)24-13)18(17(22)15-7-4-3-5-8-15)20-19(23)16-9-6-10-25-16/h3-10,13-14,18H,11-12H2,1-2H3,(H,20,23). The van der Waals surface area contributed by atoms with Crippen molar-refractivity contribution in [3.63, 3.8) is 0 Å². The maximum absolute atomic E-state index is 13.1. The van der Waals surface area contributed by atoms with E-state index in [0.717, 1.165) is 0 Å². The summed E-state index contributed by atoms with van der Waals surface area (Å²) in [5.41, 5.74) is 0.589. The number of rotatable bonds is 5. The Balaban J connectivity index is 1.85. The van der Waals surface area contributed by atoms with Crippen molar-refractivity contribution in [2.24, 2.45) is 0 Å². The Hall–Kier alpha value is -2.02. The third-order valence-electron chi connectivity index (χ3n) is 4.13. The number of hydrogen-bond acceptors (Lipinski definition) is 5. The average molecular weight is 358 g/mol. The van der Waals surface area contributed by atoms with Crippen molar-refractivity contribution in [1.82, 2.24) is 10.2 Å². The summed E-state index contributed by atoms with van der Waals surface area (Å²) in [6.45, 7) is 5.15. The summed E-state index contributed by atoms with van der Waals surface area (Å²) in [7, 11) is 0. The predicted molar refractivity (Wildman–Crippen MR) is 97.9 cm³/mol. The lowest BCUT2D eigenvalue weighted by atomic mass is 10.1. The van der Waals surface area contributed by atoms with Crippen molar-refractivity contribution in [2.45, 2.75) is 32.2 Å². The molecule has 3 rings (SSSR count). The van der Waals surface area contributed by atoms with Gasteiger partial charge in [-0.1, -0.05) is 36.4 Å². The Morgan fingerprint density at radius 3 is 2.40 bits per heavy atom. The third kappa shape index (κ3) is 4.34. The molecule has 2 aromatic rings. The second kappa shape index (κ2) is 7.91. The van der Waals surface area contributed by atoms with Gasteiger partial charge in [0.2, 0.25) is 0 Å². The normalized spacial score (nSPS) is 22.3. The molecule has 1 amide bonds. The van der Waals surface area contributed by atoms with Crippen LogP contribution in [-0.4, -0.2) is 48.1 Å². The van der Waals surface area contributed by atoms with Crippen LogP contribution < -0.4 is 5.32 Å². The van der Waals surface area contributed by atoms with Crippen LogP contribution in [0.15, 0.2) is 47.8 Å².